The van der Waals surface area contributed by atoms with E-state index < -0.39 is 5.97 Å². The molecule has 0 bridgehead atoms. The summed E-state index contributed by atoms with van der Waals surface area (Å²) in [7, 11) is 1.30. The molecular formula is C19H17NO5. The van der Waals surface area contributed by atoms with E-state index in [0.717, 1.165) is 0 Å². The molecule has 2 aromatic rings. The molecule has 0 atom stereocenters. The van der Waals surface area contributed by atoms with Gasteiger partial charge in [0.25, 0.3) is 5.91 Å². The molecule has 0 saturated carbocycles. The van der Waals surface area contributed by atoms with Crippen LogP contribution in [0.4, 0.5) is 5.69 Å². The highest BCUT2D eigenvalue weighted by Crippen LogP contribution is 2.36. The van der Waals surface area contributed by atoms with Crippen molar-refractivity contribution in [3.63, 3.8) is 0 Å². The van der Waals surface area contributed by atoms with Gasteiger partial charge >= 0.3 is 5.97 Å². The van der Waals surface area contributed by atoms with Gasteiger partial charge in [-0.05, 0) is 43.3 Å². The first kappa shape index (κ1) is 16.6. The van der Waals surface area contributed by atoms with E-state index in [2.05, 4.69) is 5.32 Å². The highest BCUT2D eigenvalue weighted by atomic mass is 16.5. The Labute approximate surface area is 144 Å². The van der Waals surface area contributed by atoms with Gasteiger partial charge in [0.2, 0.25) is 0 Å². The van der Waals surface area contributed by atoms with Crippen molar-refractivity contribution in [2.45, 2.75) is 6.92 Å². The van der Waals surface area contributed by atoms with Crippen LogP contribution in [0.3, 0.4) is 0 Å². The van der Waals surface area contributed by atoms with Crippen LogP contribution in [0.1, 0.15) is 28.4 Å². The predicted octanol–water partition coefficient (Wildman–Crippen LogP) is 3.07. The third-order valence-electron chi connectivity index (χ3n) is 3.82. The fourth-order valence-corrected chi connectivity index (χ4v) is 2.67. The third kappa shape index (κ3) is 3.19. The van der Waals surface area contributed by atoms with Crippen LogP contribution in [0, 0.1) is 0 Å². The van der Waals surface area contributed by atoms with Crippen molar-refractivity contribution in [1.29, 1.82) is 0 Å². The summed E-state index contributed by atoms with van der Waals surface area (Å²) in [4.78, 5) is 24.0. The molecule has 0 spiro atoms. The zero-order chi connectivity index (χ0) is 18.0. The molecule has 6 nitrogen and oxygen atoms in total. The molecular weight excluding hydrogens is 322 g/mol. The normalized spacial score (nSPS) is 14.2. The SMILES string of the molecule is CCOc1ccc(O)cc1C=C1C(=O)Nc2cc(C(=O)OC)ccc21. The van der Waals surface area contributed by atoms with Gasteiger partial charge in [-0.3, -0.25) is 4.79 Å². The van der Waals surface area contributed by atoms with E-state index in [1.54, 1.807) is 30.3 Å². The van der Waals surface area contributed by atoms with Gasteiger partial charge in [-0.15, -0.1) is 0 Å². The first-order chi connectivity index (χ1) is 12.0. The van der Waals surface area contributed by atoms with Crippen LogP contribution in [-0.2, 0) is 9.53 Å². The Hall–Kier alpha value is -3.28. The van der Waals surface area contributed by atoms with Crippen LogP contribution in [0.2, 0.25) is 0 Å². The lowest BCUT2D eigenvalue weighted by molar-refractivity contribution is -0.110. The Morgan fingerprint density at radius 1 is 1.24 bits per heavy atom. The van der Waals surface area contributed by atoms with Crippen LogP contribution in [0.15, 0.2) is 36.4 Å². The van der Waals surface area contributed by atoms with Crippen molar-refractivity contribution in [2.75, 3.05) is 19.0 Å². The molecule has 0 aromatic heterocycles. The van der Waals surface area contributed by atoms with Crippen LogP contribution in [0.25, 0.3) is 11.6 Å². The third-order valence-corrected chi connectivity index (χ3v) is 3.82. The Balaban J connectivity index is 2.06. The number of anilines is 1. The van der Waals surface area contributed by atoms with E-state index in [9.17, 15) is 14.7 Å². The number of ether oxygens (including phenoxy) is 2. The second-order valence-corrected chi connectivity index (χ2v) is 5.42. The molecule has 2 N–H and O–H groups in total. The lowest BCUT2D eigenvalue weighted by Gasteiger charge is -2.08. The second kappa shape index (κ2) is 6.68. The van der Waals surface area contributed by atoms with Gasteiger partial charge in [0.05, 0.1) is 19.3 Å². The van der Waals surface area contributed by atoms with Crippen LogP contribution < -0.4 is 10.1 Å². The first-order valence-electron chi connectivity index (χ1n) is 7.75. The fraction of sp³-hybridized carbons (Fsp3) is 0.158. The predicted molar refractivity (Wildman–Crippen MR) is 93.6 cm³/mol. The van der Waals surface area contributed by atoms with E-state index in [1.807, 2.05) is 6.92 Å². The molecule has 0 fully saturated rings. The number of amides is 1. The number of phenolic OH excluding ortho intramolecular Hbond substituents is 1. The summed E-state index contributed by atoms with van der Waals surface area (Å²) in [5, 5.41) is 12.5. The summed E-state index contributed by atoms with van der Waals surface area (Å²) in [6.45, 7) is 2.32. The summed E-state index contributed by atoms with van der Waals surface area (Å²) >= 11 is 0. The summed E-state index contributed by atoms with van der Waals surface area (Å²) in [5.74, 6) is -0.112. The average Bonchev–Trinajstić information content (AvgIpc) is 2.91. The number of fused-ring (bicyclic) bond motifs is 1. The molecule has 0 saturated heterocycles. The molecule has 2 aromatic carbocycles. The van der Waals surface area contributed by atoms with Gasteiger partial charge in [-0.2, -0.15) is 0 Å². The van der Waals surface area contributed by atoms with E-state index in [0.29, 0.717) is 40.3 Å². The molecule has 3 rings (SSSR count). The summed E-state index contributed by atoms with van der Waals surface area (Å²) in [6.07, 6.45) is 1.66. The number of carbonyl (C=O) groups excluding carboxylic acids is 2. The minimum absolute atomic E-state index is 0.0787. The van der Waals surface area contributed by atoms with Crippen LogP contribution >= 0.6 is 0 Å². The van der Waals surface area contributed by atoms with Crippen molar-refractivity contribution in [1.82, 2.24) is 0 Å². The van der Waals surface area contributed by atoms with Crippen molar-refractivity contribution in [2.24, 2.45) is 0 Å². The van der Waals surface area contributed by atoms with Gasteiger partial charge in [0, 0.05) is 22.4 Å². The summed E-state index contributed by atoms with van der Waals surface area (Å²) in [5.41, 5.74) is 2.59. The number of nitrogens with one attached hydrogen (secondary N) is 1. The number of benzene rings is 2. The maximum Gasteiger partial charge on any atom is 0.337 e. The molecule has 128 valence electrons. The number of carbonyl (C=O) groups is 2. The molecule has 25 heavy (non-hydrogen) atoms. The van der Waals surface area contributed by atoms with Crippen molar-refractivity contribution >= 4 is 29.2 Å². The molecule has 6 heteroatoms. The lowest BCUT2D eigenvalue weighted by Crippen LogP contribution is -2.04. The fourth-order valence-electron chi connectivity index (χ4n) is 2.67. The van der Waals surface area contributed by atoms with Crippen molar-refractivity contribution in [3.8, 4) is 11.5 Å². The number of hydrogen-bond acceptors (Lipinski definition) is 5. The molecule has 1 aliphatic heterocycles. The number of esters is 1. The van der Waals surface area contributed by atoms with Crippen molar-refractivity contribution in [3.05, 3.63) is 53.1 Å². The zero-order valence-electron chi connectivity index (χ0n) is 13.8. The largest absolute Gasteiger partial charge is 0.508 e. The number of hydrogen-bond donors (Lipinski definition) is 2. The van der Waals surface area contributed by atoms with E-state index >= 15 is 0 Å². The minimum Gasteiger partial charge on any atom is -0.508 e. The molecule has 0 unspecified atom stereocenters. The van der Waals surface area contributed by atoms with Crippen LogP contribution in [0.5, 0.6) is 11.5 Å². The second-order valence-electron chi connectivity index (χ2n) is 5.42. The Morgan fingerprint density at radius 2 is 2.04 bits per heavy atom. The van der Waals surface area contributed by atoms with Gasteiger partial charge in [0.15, 0.2) is 0 Å². The standard InChI is InChI=1S/C19H17NO5/c1-3-25-17-7-5-13(21)8-12(17)9-15-14-6-4-11(19(23)24-2)10-16(14)20-18(15)22/h4-10,21H,3H2,1-2H3,(H,20,22). The Bertz CT molecular complexity index is 885. The van der Waals surface area contributed by atoms with E-state index in [4.69, 9.17) is 9.47 Å². The number of rotatable bonds is 4. The molecule has 1 heterocycles. The monoisotopic (exact) mass is 339 g/mol. The van der Waals surface area contributed by atoms with E-state index in [-0.39, 0.29) is 11.7 Å². The molecule has 1 amide bonds. The van der Waals surface area contributed by atoms with Gasteiger partial charge < -0.3 is 19.9 Å². The van der Waals surface area contributed by atoms with Crippen LogP contribution in [-0.4, -0.2) is 30.7 Å². The summed E-state index contributed by atoms with van der Waals surface area (Å²) < 4.78 is 10.2. The molecule has 0 aliphatic carbocycles. The zero-order valence-corrected chi connectivity index (χ0v) is 13.8. The quantitative estimate of drug-likeness (QED) is 0.660. The maximum absolute atomic E-state index is 12.3. The smallest absolute Gasteiger partial charge is 0.337 e. The topological polar surface area (TPSA) is 84.9 Å². The van der Waals surface area contributed by atoms with Gasteiger partial charge in [-0.1, -0.05) is 6.07 Å². The number of methoxy groups -OCH3 is 1. The summed E-state index contributed by atoms with van der Waals surface area (Å²) in [6, 6.07) is 9.58. The minimum atomic E-state index is -0.471. The van der Waals surface area contributed by atoms with Crippen molar-refractivity contribution < 1.29 is 24.2 Å². The maximum atomic E-state index is 12.3. The lowest BCUT2D eigenvalue weighted by atomic mass is 10.0. The first-order valence-corrected chi connectivity index (χ1v) is 7.75. The molecule has 1 aliphatic rings. The van der Waals surface area contributed by atoms with E-state index in [1.165, 1.54) is 19.2 Å². The highest BCUT2D eigenvalue weighted by Gasteiger charge is 2.25. The Morgan fingerprint density at radius 3 is 2.76 bits per heavy atom. The number of phenols is 1. The Kier molecular flexibility index (Phi) is 4.43. The van der Waals surface area contributed by atoms with Gasteiger partial charge in [-0.25, -0.2) is 4.79 Å². The average molecular weight is 339 g/mol. The number of aromatic hydroxyl groups is 1. The van der Waals surface area contributed by atoms with Gasteiger partial charge in [0.1, 0.15) is 11.5 Å². The molecule has 0 radical (unpaired) electrons. The highest BCUT2D eigenvalue weighted by molar-refractivity contribution is 6.35.